The highest BCUT2D eigenvalue weighted by molar-refractivity contribution is 9.10. The summed E-state index contributed by atoms with van der Waals surface area (Å²) in [5.41, 5.74) is 2.67. The van der Waals surface area contributed by atoms with Crippen molar-refractivity contribution >= 4 is 15.9 Å². The lowest BCUT2D eigenvalue weighted by Crippen LogP contribution is -2.17. The van der Waals surface area contributed by atoms with Gasteiger partial charge in [-0.05, 0) is 43.0 Å². The Labute approximate surface area is 113 Å². The lowest BCUT2D eigenvalue weighted by Gasteiger charge is -2.11. The van der Waals surface area contributed by atoms with E-state index in [1.165, 1.54) is 47.7 Å². The summed E-state index contributed by atoms with van der Waals surface area (Å²) in [5, 5.41) is 3.56. The first-order chi connectivity index (χ1) is 8.25. The summed E-state index contributed by atoms with van der Waals surface area (Å²) in [4.78, 5) is 0. The van der Waals surface area contributed by atoms with Crippen LogP contribution in [-0.2, 0) is 6.54 Å². The summed E-state index contributed by atoms with van der Waals surface area (Å²) in [6.07, 6.45) is 7.16. The summed E-state index contributed by atoms with van der Waals surface area (Å²) in [5.74, 6) is 0.990. The minimum atomic E-state index is 0.980. The molecular formula is C15H22BrN. The third-order valence-corrected chi connectivity index (χ3v) is 4.47. The molecule has 1 fully saturated rings. The maximum Gasteiger partial charge on any atom is 0.0222 e. The van der Waals surface area contributed by atoms with Crippen molar-refractivity contribution in [1.29, 1.82) is 0 Å². The maximum atomic E-state index is 3.63. The summed E-state index contributed by atoms with van der Waals surface area (Å²) < 4.78 is 1.23. The van der Waals surface area contributed by atoms with Crippen LogP contribution in [0.15, 0.2) is 22.7 Å². The van der Waals surface area contributed by atoms with Crippen molar-refractivity contribution in [2.75, 3.05) is 6.54 Å². The molecule has 0 aromatic heterocycles. The third-order valence-electron chi connectivity index (χ3n) is 3.73. The molecule has 0 saturated heterocycles. The van der Waals surface area contributed by atoms with Gasteiger partial charge in [-0.15, -0.1) is 0 Å². The molecule has 0 aliphatic heterocycles. The van der Waals surface area contributed by atoms with Gasteiger partial charge in [-0.3, -0.25) is 0 Å². The Hall–Kier alpha value is -0.340. The van der Waals surface area contributed by atoms with Crippen LogP contribution < -0.4 is 5.32 Å². The van der Waals surface area contributed by atoms with Crippen molar-refractivity contribution in [2.45, 2.75) is 45.6 Å². The zero-order valence-electron chi connectivity index (χ0n) is 10.6. The van der Waals surface area contributed by atoms with E-state index in [0.717, 1.165) is 19.0 Å². The van der Waals surface area contributed by atoms with E-state index in [9.17, 15) is 0 Å². The van der Waals surface area contributed by atoms with E-state index < -0.39 is 0 Å². The average molecular weight is 296 g/mol. The monoisotopic (exact) mass is 295 g/mol. The minimum absolute atomic E-state index is 0.980. The van der Waals surface area contributed by atoms with Crippen LogP contribution in [0.2, 0.25) is 0 Å². The molecule has 0 amide bonds. The van der Waals surface area contributed by atoms with Crippen LogP contribution in [0, 0.1) is 12.8 Å². The van der Waals surface area contributed by atoms with Crippen LogP contribution in [0.1, 0.15) is 43.2 Å². The van der Waals surface area contributed by atoms with Gasteiger partial charge in [0.1, 0.15) is 0 Å². The number of aryl methyl sites for hydroxylation is 1. The number of hydrogen-bond acceptors (Lipinski definition) is 1. The molecule has 0 spiro atoms. The molecule has 1 N–H and O–H groups in total. The van der Waals surface area contributed by atoms with Gasteiger partial charge in [-0.1, -0.05) is 53.7 Å². The van der Waals surface area contributed by atoms with E-state index in [2.05, 4.69) is 46.4 Å². The fraction of sp³-hybridized carbons (Fsp3) is 0.600. The molecule has 0 bridgehead atoms. The first-order valence-corrected chi connectivity index (χ1v) is 7.51. The second-order valence-electron chi connectivity index (χ2n) is 5.21. The number of hydrogen-bond donors (Lipinski definition) is 1. The predicted molar refractivity (Wildman–Crippen MR) is 77.2 cm³/mol. The van der Waals surface area contributed by atoms with Gasteiger partial charge in [0.25, 0.3) is 0 Å². The van der Waals surface area contributed by atoms with Crippen molar-refractivity contribution in [3.05, 3.63) is 33.8 Å². The third kappa shape index (κ3) is 4.11. The van der Waals surface area contributed by atoms with Gasteiger partial charge in [0.05, 0.1) is 0 Å². The Morgan fingerprint density at radius 3 is 2.76 bits per heavy atom. The Morgan fingerprint density at radius 2 is 2.06 bits per heavy atom. The molecule has 17 heavy (non-hydrogen) atoms. The molecule has 94 valence electrons. The molecule has 1 aliphatic rings. The van der Waals surface area contributed by atoms with Crippen molar-refractivity contribution < 1.29 is 0 Å². The molecule has 2 rings (SSSR count). The molecule has 1 aromatic rings. The fourth-order valence-electron chi connectivity index (χ4n) is 2.62. The lowest BCUT2D eigenvalue weighted by atomic mass is 10.0. The van der Waals surface area contributed by atoms with Crippen molar-refractivity contribution in [3.63, 3.8) is 0 Å². The number of benzene rings is 1. The van der Waals surface area contributed by atoms with Crippen LogP contribution in [0.25, 0.3) is 0 Å². The Balaban J connectivity index is 1.70. The van der Waals surface area contributed by atoms with E-state index in [0.29, 0.717) is 0 Å². The van der Waals surface area contributed by atoms with Crippen LogP contribution in [0.5, 0.6) is 0 Å². The Bertz CT molecular complexity index is 356. The topological polar surface area (TPSA) is 12.0 Å². The summed E-state index contributed by atoms with van der Waals surface area (Å²) in [6.45, 7) is 4.26. The van der Waals surface area contributed by atoms with Crippen molar-refractivity contribution in [1.82, 2.24) is 5.32 Å². The molecule has 1 aliphatic carbocycles. The minimum Gasteiger partial charge on any atom is -0.313 e. The van der Waals surface area contributed by atoms with E-state index in [1.54, 1.807) is 0 Å². The van der Waals surface area contributed by atoms with Gasteiger partial charge >= 0.3 is 0 Å². The van der Waals surface area contributed by atoms with E-state index in [4.69, 9.17) is 0 Å². The standard InChI is InChI=1S/C15H22BrN/c1-12-6-7-14(15(16)10-12)11-17-9-8-13-4-2-3-5-13/h6-7,10,13,17H,2-5,8-9,11H2,1H3. The number of nitrogens with one attached hydrogen (secondary N) is 1. The molecule has 1 nitrogen and oxygen atoms in total. The largest absolute Gasteiger partial charge is 0.313 e. The number of rotatable bonds is 5. The molecule has 0 atom stereocenters. The number of halogens is 1. The first-order valence-electron chi connectivity index (χ1n) is 6.71. The zero-order chi connectivity index (χ0) is 12.1. The predicted octanol–water partition coefficient (Wildman–Crippen LogP) is 4.43. The average Bonchev–Trinajstić information content (AvgIpc) is 2.79. The molecule has 0 unspecified atom stereocenters. The van der Waals surface area contributed by atoms with Crippen LogP contribution in [-0.4, -0.2) is 6.54 Å². The summed E-state index contributed by atoms with van der Waals surface area (Å²) >= 11 is 3.63. The molecule has 0 heterocycles. The Morgan fingerprint density at radius 1 is 1.29 bits per heavy atom. The van der Waals surface area contributed by atoms with Crippen molar-refractivity contribution in [3.8, 4) is 0 Å². The molecule has 0 radical (unpaired) electrons. The zero-order valence-corrected chi connectivity index (χ0v) is 12.2. The molecular weight excluding hydrogens is 274 g/mol. The van der Waals surface area contributed by atoms with Crippen LogP contribution in [0.3, 0.4) is 0 Å². The smallest absolute Gasteiger partial charge is 0.0222 e. The second kappa shape index (κ2) is 6.55. The van der Waals surface area contributed by atoms with Gasteiger partial charge < -0.3 is 5.32 Å². The maximum absolute atomic E-state index is 3.63. The quantitative estimate of drug-likeness (QED) is 0.793. The first kappa shape index (κ1) is 13.1. The van der Waals surface area contributed by atoms with Crippen LogP contribution >= 0.6 is 15.9 Å². The van der Waals surface area contributed by atoms with Gasteiger partial charge in [-0.2, -0.15) is 0 Å². The normalized spacial score (nSPS) is 16.6. The van der Waals surface area contributed by atoms with Crippen LogP contribution in [0.4, 0.5) is 0 Å². The summed E-state index contributed by atoms with van der Waals surface area (Å²) in [7, 11) is 0. The summed E-state index contributed by atoms with van der Waals surface area (Å²) in [6, 6.07) is 6.58. The van der Waals surface area contributed by atoms with E-state index in [1.807, 2.05) is 0 Å². The highest BCUT2D eigenvalue weighted by Crippen LogP contribution is 2.27. The highest BCUT2D eigenvalue weighted by atomic mass is 79.9. The highest BCUT2D eigenvalue weighted by Gasteiger charge is 2.13. The van der Waals surface area contributed by atoms with Gasteiger partial charge in [0.15, 0.2) is 0 Å². The van der Waals surface area contributed by atoms with Gasteiger partial charge in [0, 0.05) is 11.0 Å². The SMILES string of the molecule is Cc1ccc(CNCCC2CCCC2)c(Br)c1. The van der Waals surface area contributed by atoms with Gasteiger partial charge in [0.2, 0.25) is 0 Å². The lowest BCUT2D eigenvalue weighted by molar-refractivity contribution is 0.477. The molecule has 1 aromatic carbocycles. The second-order valence-corrected chi connectivity index (χ2v) is 6.07. The Kier molecular flexibility index (Phi) is 5.05. The van der Waals surface area contributed by atoms with E-state index >= 15 is 0 Å². The van der Waals surface area contributed by atoms with E-state index in [-0.39, 0.29) is 0 Å². The molecule has 2 heteroatoms. The molecule has 1 saturated carbocycles. The van der Waals surface area contributed by atoms with Crippen molar-refractivity contribution in [2.24, 2.45) is 5.92 Å². The fourth-order valence-corrected chi connectivity index (χ4v) is 3.26. The van der Waals surface area contributed by atoms with Gasteiger partial charge in [-0.25, -0.2) is 0 Å².